The number of fused-ring (bicyclic) bond motifs is 2. The monoisotopic (exact) mass is 323 g/mol. The number of aromatic amines is 2. The first kappa shape index (κ1) is 14.1. The van der Waals surface area contributed by atoms with Crippen LogP contribution in [0, 0.1) is 6.92 Å². The number of aryl methyl sites for hydroxylation is 1. The molecule has 0 bridgehead atoms. The van der Waals surface area contributed by atoms with E-state index in [4.69, 9.17) is 4.99 Å². The molecular formula is C22H17N3. The van der Waals surface area contributed by atoms with Crippen LogP contribution in [0.5, 0.6) is 0 Å². The maximum absolute atomic E-state index is 4.75. The van der Waals surface area contributed by atoms with Gasteiger partial charge < -0.3 is 9.97 Å². The first-order valence-electron chi connectivity index (χ1n) is 8.35. The summed E-state index contributed by atoms with van der Waals surface area (Å²) in [5, 5.41) is 2.39. The minimum Gasteiger partial charge on any atom is -0.361 e. The van der Waals surface area contributed by atoms with Crippen LogP contribution in [0.1, 0.15) is 16.7 Å². The van der Waals surface area contributed by atoms with Crippen LogP contribution in [0.3, 0.4) is 0 Å². The number of H-pyrrole nitrogens is 2. The molecule has 0 saturated heterocycles. The fraction of sp³-hybridized carbons (Fsp3) is 0.0455. The van der Waals surface area contributed by atoms with Gasteiger partial charge in [-0.3, -0.25) is 0 Å². The average molecular weight is 323 g/mol. The lowest BCUT2D eigenvalue weighted by molar-refractivity contribution is 1.43. The summed E-state index contributed by atoms with van der Waals surface area (Å²) in [6, 6.07) is 14.7. The van der Waals surface area contributed by atoms with Gasteiger partial charge in [-0.2, -0.15) is 0 Å². The minimum absolute atomic E-state index is 0.807. The van der Waals surface area contributed by atoms with Crippen LogP contribution in [0.4, 0.5) is 0 Å². The normalized spacial score (nSPS) is 14.4. The topological polar surface area (TPSA) is 43.9 Å². The Labute approximate surface area is 145 Å². The first-order chi connectivity index (χ1) is 12.2. The van der Waals surface area contributed by atoms with Crippen LogP contribution in [0.2, 0.25) is 0 Å². The summed E-state index contributed by atoms with van der Waals surface area (Å²) in [6.45, 7) is 6.29. The zero-order valence-electron chi connectivity index (χ0n) is 13.9. The van der Waals surface area contributed by atoms with Crippen molar-refractivity contribution in [2.24, 2.45) is 4.99 Å². The lowest BCUT2D eigenvalue weighted by atomic mass is 10.0. The van der Waals surface area contributed by atoms with E-state index in [2.05, 4.69) is 65.9 Å². The molecule has 2 aromatic carbocycles. The maximum atomic E-state index is 4.75. The Hall–Kier alpha value is -3.33. The third-order valence-electron chi connectivity index (χ3n) is 4.84. The summed E-state index contributed by atoms with van der Waals surface area (Å²) < 4.78 is 0. The fourth-order valence-corrected chi connectivity index (χ4v) is 3.57. The number of para-hydroxylation sites is 1. The molecule has 0 fully saturated rings. The molecule has 4 aromatic rings. The van der Waals surface area contributed by atoms with E-state index in [1.54, 1.807) is 0 Å². The van der Waals surface area contributed by atoms with Crippen LogP contribution in [0.25, 0.3) is 27.4 Å². The third kappa shape index (κ3) is 2.09. The van der Waals surface area contributed by atoms with Crippen LogP contribution in [-0.4, -0.2) is 15.7 Å². The first-order valence-corrected chi connectivity index (χ1v) is 8.35. The van der Waals surface area contributed by atoms with Crippen molar-refractivity contribution in [2.45, 2.75) is 6.92 Å². The van der Waals surface area contributed by atoms with Crippen molar-refractivity contribution in [2.75, 3.05) is 0 Å². The van der Waals surface area contributed by atoms with Crippen LogP contribution in [-0.2, 0) is 0 Å². The summed E-state index contributed by atoms with van der Waals surface area (Å²) in [5.74, 6) is 0. The Morgan fingerprint density at radius 1 is 0.880 bits per heavy atom. The molecule has 3 nitrogen and oxygen atoms in total. The van der Waals surface area contributed by atoms with E-state index in [9.17, 15) is 0 Å². The number of rotatable bonds is 2. The quantitative estimate of drug-likeness (QED) is 0.499. The second-order valence-corrected chi connectivity index (χ2v) is 6.50. The van der Waals surface area contributed by atoms with Crippen molar-refractivity contribution >= 4 is 33.1 Å². The molecule has 0 saturated carbocycles. The van der Waals surface area contributed by atoms with Crippen molar-refractivity contribution in [3.8, 4) is 0 Å². The fourth-order valence-electron chi connectivity index (χ4n) is 3.57. The van der Waals surface area contributed by atoms with Gasteiger partial charge in [-0.05, 0) is 31.2 Å². The molecule has 1 aliphatic rings. The molecule has 1 aliphatic heterocycles. The van der Waals surface area contributed by atoms with Gasteiger partial charge in [0.2, 0.25) is 0 Å². The predicted molar refractivity (Wildman–Crippen MR) is 105 cm³/mol. The summed E-state index contributed by atoms with van der Waals surface area (Å²) in [6.07, 6.45) is 6.22. The molecule has 0 unspecified atom stereocenters. The molecule has 3 heteroatoms. The molecule has 0 aliphatic carbocycles. The van der Waals surface area contributed by atoms with Crippen LogP contribution >= 0.6 is 0 Å². The molecular weight excluding hydrogens is 306 g/mol. The van der Waals surface area contributed by atoms with Gasteiger partial charge in [0.25, 0.3) is 0 Å². The maximum Gasteiger partial charge on any atom is 0.0737 e. The Bertz CT molecular complexity index is 1210. The Morgan fingerprint density at radius 2 is 1.64 bits per heavy atom. The molecule has 2 aromatic heterocycles. The Balaban J connectivity index is 1.65. The largest absolute Gasteiger partial charge is 0.361 e. The number of hydrogen-bond donors (Lipinski definition) is 2. The average Bonchev–Trinajstić information content (AvgIpc) is 3.30. The number of allylic oxidation sites excluding steroid dienone is 2. The number of nitrogens with one attached hydrogen (secondary N) is 2. The molecule has 120 valence electrons. The van der Waals surface area contributed by atoms with Crippen molar-refractivity contribution in [1.82, 2.24) is 9.97 Å². The minimum atomic E-state index is 0.807. The zero-order chi connectivity index (χ0) is 17.0. The SMILES string of the molecule is C=C1N=C(c2c[nH]c3ccc(C)cc23)C=C1c1c[nH]c2ccccc12. The van der Waals surface area contributed by atoms with Crippen molar-refractivity contribution in [3.05, 3.63) is 89.9 Å². The van der Waals surface area contributed by atoms with Gasteiger partial charge in [0.1, 0.15) is 0 Å². The number of aliphatic imine (C=N–C) groups is 1. The van der Waals surface area contributed by atoms with E-state index in [0.717, 1.165) is 39.1 Å². The molecule has 5 rings (SSSR count). The summed E-state index contributed by atoms with van der Waals surface area (Å²) in [4.78, 5) is 11.4. The Kier molecular flexibility index (Phi) is 2.86. The number of aromatic nitrogens is 2. The van der Waals surface area contributed by atoms with E-state index in [1.165, 1.54) is 16.3 Å². The van der Waals surface area contributed by atoms with E-state index in [1.807, 2.05) is 18.5 Å². The van der Waals surface area contributed by atoms with Crippen molar-refractivity contribution in [1.29, 1.82) is 0 Å². The van der Waals surface area contributed by atoms with Gasteiger partial charge in [-0.25, -0.2) is 4.99 Å². The molecule has 2 N–H and O–H groups in total. The highest BCUT2D eigenvalue weighted by Crippen LogP contribution is 2.35. The molecule has 25 heavy (non-hydrogen) atoms. The van der Waals surface area contributed by atoms with E-state index in [0.29, 0.717) is 0 Å². The highest BCUT2D eigenvalue weighted by molar-refractivity contribution is 6.23. The van der Waals surface area contributed by atoms with Gasteiger partial charge in [0, 0.05) is 50.9 Å². The highest BCUT2D eigenvalue weighted by atomic mass is 14.8. The molecule has 0 radical (unpaired) electrons. The van der Waals surface area contributed by atoms with Gasteiger partial charge in [0.05, 0.1) is 11.4 Å². The van der Waals surface area contributed by atoms with E-state index < -0.39 is 0 Å². The van der Waals surface area contributed by atoms with Crippen LogP contribution in [0.15, 0.2) is 78.2 Å². The molecule has 3 heterocycles. The Morgan fingerprint density at radius 3 is 2.52 bits per heavy atom. The zero-order valence-corrected chi connectivity index (χ0v) is 13.9. The lowest BCUT2D eigenvalue weighted by Crippen LogP contribution is -1.92. The van der Waals surface area contributed by atoms with Gasteiger partial charge >= 0.3 is 0 Å². The number of nitrogens with zero attached hydrogens (tertiary/aromatic N) is 1. The second-order valence-electron chi connectivity index (χ2n) is 6.50. The molecule has 0 atom stereocenters. The smallest absolute Gasteiger partial charge is 0.0737 e. The second kappa shape index (κ2) is 5.08. The highest BCUT2D eigenvalue weighted by Gasteiger charge is 2.20. The summed E-state index contributed by atoms with van der Waals surface area (Å²) in [5.41, 5.74) is 8.61. The van der Waals surface area contributed by atoms with Gasteiger partial charge in [-0.1, -0.05) is 36.4 Å². The van der Waals surface area contributed by atoms with Gasteiger partial charge in [0.15, 0.2) is 0 Å². The third-order valence-corrected chi connectivity index (χ3v) is 4.84. The number of benzene rings is 2. The molecule has 0 spiro atoms. The number of hydrogen-bond acceptors (Lipinski definition) is 1. The van der Waals surface area contributed by atoms with E-state index >= 15 is 0 Å². The van der Waals surface area contributed by atoms with Crippen molar-refractivity contribution < 1.29 is 0 Å². The van der Waals surface area contributed by atoms with Crippen molar-refractivity contribution in [3.63, 3.8) is 0 Å². The summed E-state index contributed by atoms with van der Waals surface area (Å²) in [7, 11) is 0. The van der Waals surface area contributed by atoms with E-state index in [-0.39, 0.29) is 0 Å². The predicted octanol–water partition coefficient (Wildman–Crippen LogP) is 5.36. The molecule has 0 amide bonds. The van der Waals surface area contributed by atoms with Gasteiger partial charge in [-0.15, -0.1) is 0 Å². The van der Waals surface area contributed by atoms with Crippen LogP contribution < -0.4 is 0 Å². The lowest BCUT2D eigenvalue weighted by Gasteiger charge is -2.00. The summed E-state index contributed by atoms with van der Waals surface area (Å²) >= 11 is 0. The standard InChI is InChI=1S/C22H17N3/c1-13-7-8-21-17(9-13)19(12-24-21)22-10-16(14(2)25-22)18-11-23-20-6-4-3-5-15(18)20/h3-12,23-24H,2H2,1H3.